The van der Waals surface area contributed by atoms with Gasteiger partial charge >= 0.3 is 19.8 Å². The third-order valence-corrected chi connectivity index (χ3v) is 11.3. The minimum Gasteiger partial charge on any atom is -0.458 e. The van der Waals surface area contributed by atoms with Crippen LogP contribution in [0.3, 0.4) is 0 Å². The van der Waals surface area contributed by atoms with E-state index >= 15 is 0 Å². The molecule has 0 rings (SSSR count). The van der Waals surface area contributed by atoms with Gasteiger partial charge in [-0.05, 0) is 19.3 Å². The first-order valence-corrected chi connectivity index (χ1v) is 25.1. The molecule has 0 aromatic rings. The van der Waals surface area contributed by atoms with Gasteiger partial charge in [0.15, 0.2) is 6.10 Å². The Morgan fingerprint density at radius 1 is 0.579 bits per heavy atom. The highest BCUT2D eigenvalue weighted by molar-refractivity contribution is 7.47. The number of phosphoric acid groups is 1. The van der Waals surface area contributed by atoms with Crippen LogP contribution in [0.5, 0.6) is 0 Å². The summed E-state index contributed by atoms with van der Waals surface area (Å²) in [5.41, 5.74) is 0. The van der Waals surface area contributed by atoms with Gasteiger partial charge in [-0.15, -0.1) is 0 Å². The predicted molar refractivity (Wildman–Crippen MR) is 238 cm³/mol. The molecule has 57 heavy (non-hydrogen) atoms. The first kappa shape index (κ1) is 55.5. The van der Waals surface area contributed by atoms with Crippen molar-refractivity contribution in [3.05, 3.63) is 24.3 Å². The van der Waals surface area contributed by atoms with Crippen LogP contribution >= 0.6 is 7.82 Å². The third kappa shape index (κ3) is 43.9. The van der Waals surface area contributed by atoms with Crippen molar-refractivity contribution >= 4 is 19.8 Å². The second kappa shape index (κ2) is 39.9. The zero-order chi connectivity index (χ0) is 42.1. The smallest absolute Gasteiger partial charge is 0.458 e. The predicted octanol–water partition coefficient (Wildman–Crippen LogP) is 13.5. The fraction of sp³-hybridized carbons (Fsp3) is 0.872. The normalized spacial score (nSPS) is 13.7. The highest BCUT2D eigenvalue weighted by Crippen LogP contribution is 2.43. The van der Waals surface area contributed by atoms with Gasteiger partial charge in [0.25, 0.3) is 0 Å². The van der Waals surface area contributed by atoms with E-state index in [0.717, 1.165) is 25.7 Å². The average Bonchev–Trinajstić information content (AvgIpc) is 3.16. The lowest BCUT2D eigenvalue weighted by atomic mass is 10.0. The summed E-state index contributed by atoms with van der Waals surface area (Å²) in [6.45, 7) is 4.32. The summed E-state index contributed by atoms with van der Waals surface area (Å²) in [5.74, 6) is -1.04. The molecule has 0 heterocycles. The molecule has 0 aromatic carbocycles. The van der Waals surface area contributed by atoms with Crippen molar-refractivity contribution in [2.75, 3.05) is 47.5 Å². The summed E-state index contributed by atoms with van der Waals surface area (Å²) in [5, 5.41) is 0. The van der Waals surface area contributed by atoms with Crippen LogP contribution in [0.1, 0.15) is 213 Å². The average molecular weight is 829 g/mol. The van der Waals surface area contributed by atoms with E-state index in [9.17, 15) is 19.0 Å². The second-order valence-corrected chi connectivity index (χ2v) is 18.7. The summed E-state index contributed by atoms with van der Waals surface area (Å²) >= 11 is 0. The van der Waals surface area contributed by atoms with Gasteiger partial charge in [0, 0.05) is 12.5 Å². The first-order valence-electron chi connectivity index (χ1n) is 23.6. The second-order valence-electron chi connectivity index (χ2n) is 17.2. The molecule has 0 aliphatic heterocycles. The van der Waals surface area contributed by atoms with Crippen LogP contribution in [0.25, 0.3) is 0 Å². The summed E-state index contributed by atoms with van der Waals surface area (Å²) in [6, 6.07) is 0. The van der Waals surface area contributed by atoms with Crippen molar-refractivity contribution in [1.29, 1.82) is 0 Å². The van der Waals surface area contributed by atoms with Crippen LogP contribution in [0.4, 0.5) is 0 Å². The molecule has 0 bridgehead atoms. The number of unbranched alkanes of at least 4 members (excludes halogenated alkanes) is 28. The number of nitrogens with zero attached hydrogens (tertiary/aromatic N) is 1. The summed E-state index contributed by atoms with van der Waals surface area (Å²) in [7, 11) is 1.44. The summed E-state index contributed by atoms with van der Waals surface area (Å²) < 4.78 is 34.2. The van der Waals surface area contributed by atoms with E-state index in [-0.39, 0.29) is 19.6 Å². The van der Waals surface area contributed by atoms with Crippen LogP contribution in [-0.4, -0.2) is 74.9 Å². The van der Waals surface area contributed by atoms with Crippen molar-refractivity contribution in [2.45, 2.75) is 219 Å². The first-order chi connectivity index (χ1) is 27.5. The molecule has 336 valence electrons. The van der Waals surface area contributed by atoms with E-state index < -0.39 is 32.5 Å². The van der Waals surface area contributed by atoms with E-state index in [1.807, 2.05) is 33.3 Å². The number of allylic oxidation sites excluding steroid dienone is 3. The maximum Gasteiger partial charge on any atom is 0.472 e. The molecule has 0 fully saturated rings. The van der Waals surface area contributed by atoms with Crippen LogP contribution in [0.15, 0.2) is 24.3 Å². The number of phosphoric ester groups is 1. The number of quaternary nitrogens is 1. The Hall–Kier alpha value is -1.51. The molecule has 0 saturated heterocycles. The van der Waals surface area contributed by atoms with Crippen molar-refractivity contribution in [3.63, 3.8) is 0 Å². The molecule has 0 saturated carbocycles. The molecule has 0 spiro atoms. The molecule has 2 atom stereocenters. The van der Waals surface area contributed by atoms with Gasteiger partial charge in [-0.2, -0.15) is 0 Å². The topological polar surface area (TPSA) is 108 Å². The molecule has 9 nitrogen and oxygen atoms in total. The van der Waals surface area contributed by atoms with Crippen LogP contribution in [0.2, 0.25) is 0 Å². The van der Waals surface area contributed by atoms with Crippen LogP contribution < -0.4 is 0 Å². The molecule has 1 unspecified atom stereocenters. The SMILES string of the molecule is CCCCCCCCCCCCC/C=C/C=C/C(=O)OC[C@H](COP(=O)(O)OCC[N+](C)(C)C)OC(=O)CCCCCCCCCCCCCCCCCCCC. The molecular formula is C47H91NO8P+. The van der Waals surface area contributed by atoms with Crippen molar-refractivity contribution in [3.8, 4) is 0 Å². The highest BCUT2D eigenvalue weighted by Gasteiger charge is 2.27. The van der Waals surface area contributed by atoms with Crippen molar-refractivity contribution < 1.29 is 42.1 Å². The Balaban J connectivity index is 4.37. The number of hydrogen-bond acceptors (Lipinski definition) is 7. The Kier molecular flexibility index (Phi) is 38.9. The van der Waals surface area contributed by atoms with Gasteiger partial charge in [0.1, 0.15) is 19.8 Å². The maximum atomic E-state index is 12.7. The van der Waals surface area contributed by atoms with Crippen LogP contribution in [-0.2, 0) is 32.7 Å². The van der Waals surface area contributed by atoms with E-state index in [4.69, 9.17) is 18.5 Å². The molecule has 1 N–H and O–H groups in total. The minimum atomic E-state index is -4.39. The van der Waals surface area contributed by atoms with Gasteiger partial charge in [-0.3, -0.25) is 13.8 Å². The van der Waals surface area contributed by atoms with Gasteiger partial charge in [-0.1, -0.05) is 205 Å². The number of carbonyl (C=O) groups is 2. The van der Waals surface area contributed by atoms with E-state index in [2.05, 4.69) is 13.8 Å². The number of esters is 2. The quantitative estimate of drug-likeness (QED) is 0.0162. The largest absolute Gasteiger partial charge is 0.472 e. The lowest BCUT2D eigenvalue weighted by Gasteiger charge is -2.24. The number of rotatable bonds is 43. The monoisotopic (exact) mass is 829 g/mol. The molecule has 0 aromatic heterocycles. The van der Waals surface area contributed by atoms with E-state index in [1.165, 1.54) is 167 Å². The standard InChI is InChI=1S/C47H90NO8P/c1-6-8-10-12-14-16-18-20-22-23-24-26-28-30-32-34-36-38-40-47(50)56-45(44-55-57(51,52)54-42-41-48(3,4)5)43-53-46(49)39-37-35-33-31-29-27-25-21-19-17-15-13-11-9-7-2/h33,35,37,39,45H,6-32,34,36,38,40-44H2,1-5H3/p+1/b35-33+,39-37+/t45-/m1/s1. The number of likely N-dealkylation sites (N-methyl/N-ethyl adjacent to an activating group) is 1. The molecule has 10 heteroatoms. The number of carbonyl (C=O) groups excluding carboxylic acids is 2. The molecule has 0 amide bonds. The van der Waals surface area contributed by atoms with Gasteiger partial charge in [0.05, 0.1) is 27.7 Å². The Morgan fingerprint density at radius 3 is 1.44 bits per heavy atom. The fourth-order valence-corrected chi connectivity index (χ4v) is 7.38. The van der Waals surface area contributed by atoms with Gasteiger partial charge < -0.3 is 18.9 Å². The minimum absolute atomic E-state index is 0.0215. The Bertz CT molecular complexity index is 1030. The molecular weight excluding hydrogens is 737 g/mol. The molecule has 0 radical (unpaired) electrons. The van der Waals surface area contributed by atoms with Gasteiger partial charge in [-0.25, -0.2) is 9.36 Å². The Labute approximate surface area is 351 Å². The van der Waals surface area contributed by atoms with Crippen molar-refractivity contribution in [2.24, 2.45) is 0 Å². The van der Waals surface area contributed by atoms with Crippen LogP contribution in [0, 0.1) is 0 Å². The van der Waals surface area contributed by atoms with E-state index in [0.29, 0.717) is 17.4 Å². The lowest BCUT2D eigenvalue weighted by molar-refractivity contribution is -0.870. The third-order valence-electron chi connectivity index (χ3n) is 10.3. The highest BCUT2D eigenvalue weighted by atomic mass is 31.2. The maximum absolute atomic E-state index is 12.7. The summed E-state index contributed by atoms with van der Waals surface area (Å²) in [6.07, 6.45) is 44.3. The zero-order valence-corrected chi connectivity index (χ0v) is 38.7. The number of hydrogen-bond donors (Lipinski definition) is 1. The van der Waals surface area contributed by atoms with E-state index in [1.54, 1.807) is 6.08 Å². The fourth-order valence-electron chi connectivity index (χ4n) is 6.64. The number of ether oxygens (including phenoxy) is 2. The lowest BCUT2D eigenvalue weighted by Crippen LogP contribution is -2.37. The van der Waals surface area contributed by atoms with Crippen molar-refractivity contribution in [1.82, 2.24) is 0 Å². The molecule has 0 aliphatic carbocycles. The zero-order valence-electron chi connectivity index (χ0n) is 37.8. The molecule has 0 aliphatic rings. The summed E-state index contributed by atoms with van der Waals surface area (Å²) in [4.78, 5) is 35.3. The van der Waals surface area contributed by atoms with Gasteiger partial charge in [0.2, 0.25) is 0 Å². The Morgan fingerprint density at radius 2 is 1.00 bits per heavy atom.